The lowest BCUT2D eigenvalue weighted by atomic mass is 9.91. The predicted molar refractivity (Wildman–Crippen MR) is 86.4 cm³/mol. The molecule has 0 radical (unpaired) electrons. The number of halogens is 3. The first kappa shape index (κ1) is 18.3. The minimum absolute atomic E-state index is 0.0962. The zero-order chi connectivity index (χ0) is 18.9. The number of carbonyl (C=O) groups is 1. The molecule has 1 amide bonds. The molecule has 3 heterocycles. The van der Waals surface area contributed by atoms with Crippen LogP contribution in [-0.2, 0) is 6.18 Å². The van der Waals surface area contributed by atoms with Gasteiger partial charge in [-0.15, -0.1) is 5.10 Å². The molecule has 1 aliphatic rings. The highest BCUT2D eigenvalue weighted by atomic mass is 19.4. The van der Waals surface area contributed by atoms with Gasteiger partial charge in [0.05, 0.1) is 11.8 Å². The lowest BCUT2D eigenvalue weighted by molar-refractivity contribution is -0.137. The van der Waals surface area contributed by atoms with Crippen LogP contribution in [0, 0.1) is 5.92 Å². The number of carbonyl (C=O) groups excluding carboxylic acids is 1. The third-order valence-electron chi connectivity index (χ3n) is 4.59. The third-order valence-corrected chi connectivity index (χ3v) is 4.59. The molecule has 0 aliphatic carbocycles. The van der Waals surface area contributed by atoms with E-state index in [1.165, 1.54) is 16.9 Å². The van der Waals surface area contributed by atoms with Crippen LogP contribution in [0.5, 0.6) is 0 Å². The van der Waals surface area contributed by atoms with Gasteiger partial charge in [-0.3, -0.25) is 4.79 Å². The van der Waals surface area contributed by atoms with Gasteiger partial charge in [0.15, 0.2) is 11.5 Å². The second-order valence-electron chi connectivity index (χ2n) is 6.44. The first-order chi connectivity index (χ1) is 12.3. The van der Waals surface area contributed by atoms with Crippen molar-refractivity contribution >= 4 is 5.91 Å². The number of piperidine rings is 1. The molecule has 0 spiro atoms. The van der Waals surface area contributed by atoms with Crippen LogP contribution in [0.4, 0.5) is 13.2 Å². The van der Waals surface area contributed by atoms with E-state index in [0.29, 0.717) is 19.0 Å². The van der Waals surface area contributed by atoms with Crippen molar-refractivity contribution in [2.24, 2.45) is 11.7 Å². The van der Waals surface area contributed by atoms with Gasteiger partial charge in [-0.2, -0.15) is 13.2 Å². The van der Waals surface area contributed by atoms with Gasteiger partial charge < -0.3 is 10.6 Å². The largest absolute Gasteiger partial charge is 0.417 e. The summed E-state index contributed by atoms with van der Waals surface area (Å²) in [6, 6.07) is 2.18. The van der Waals surface area contributed by atoms with Crippen LogP contribution in [0.15, 0.2) is 24.5 Å². The normalized spacial score (nSPS) is 17.3. The van der Waals surface area contributed by atoms with Gasteiger partial charge in [0.2, 0.25) is 0 Å². The molecule has 0 saturated carbocycles. The summed E-state index contributed by atoms with van der Waals surface area (Å²) in [5.41, 5.74) is 5.18. The fourth-order valence-electron chi connectivity index (χ4n) is 2.95. The van der Waals surface area contributed by atoms with Crippen molar-refractivity contribution in [3.63, 3.8) is 0 Å². The van der Waals surface area contributed by atoms with Crippen LogP contribution in [-0.4, -0.2) is 49.9 Å². The number of rotatable bonds is 3. The standard InChI is InChI=1S/C16H19F3N6O/c1-10(20)11-4-6-24(7-5-11)15(26)13-9-25(23-22-13)14-3-2-12(8-21-14)16(17,18)19/h2-3,8-11H,4-7,20H2,1H3. The number of hydrogen-bond acceptors (Lipinski definition) is 5. The summed E-state index contributed by atoms with van der Waals surface area (Å²) in [6.45, 7) is 3.15. The van der Waals surface area contributed by atoms with Crippen molar-refractivity contribution in [3.8, 4) is 5.82 Å². The minimum Gasteiger partial charge on any atom is -0.337 e. The Kier molecular flexibility index (Phi) is 4.94. The number of aromatic nitrogens is 4. The van der Waals surface area contributed by atoms with Gasteiger partial charge in [-0.1, -0.05) is 5.21 Å². The highest BCUT2D eigenvalue weighted by Crippen LogP contribution is 2.28. The van der Waals surface area contributed by atoms with E-state index in [2.05, 4.69) is 15.3 Å². The van der Waals surface area contributed by atoms with Gasteiger partial charge >= 0.3 is 6.18 Å². The molecule has 26 heavy (non-hydrogen) atoms. The summed E-state index contributed by atoms with van der Waals surface area (Å²) in [7, 11) is 0. The van der Waals surface area contributed by atoms with E-state index >= 15 is 0 Å². The number of nitrogens with zero attached hydrogens (tertiary/aromatic N) is 5. The molecule has 140 valence electrons. The number of nitrogens with two attached hydrogens (primary N) is 1. The number of hydrogen-bond donors (Lipinski definition) is 1. The highest BCUT2D eigenvalue weighted by Gasteiger charge is 2.31. The summed E-state index contributed by atoms with van der Waals surface area (Å²) in [5, 5.41) is 7.62. The molecule has 0 bridgehead atoms. The average molecular weight is 368 g/mol. The van der Waals surface area contributed by atoms with E-state index in [1.54, 1.807) is 4.90 Å². The Labute approximate surface area is 148 Å². The maximum absolute atomic E-state index is 12.6. The number of pyridine rings is 1. The first-order valence-corrected chi connectivity index (χ1v) is 8.26. The molecular formula is C16H19F3N6O. The monoisotopic (exact) mass is 368 g/mol. The fraction of sp³-hybridized carbons (Fsp3) is 0.500. The molecule has 1 fully saturated rings. The van der Waals surface area contributed by atoms with E-state index in [1.807, 2.05) is 6.92 Å². The Morgan fingerprint density at radius 3 is 2.54 bits per heavy atom. The van der Waals surface area contributed by atoms with Gasteiger partial charge in [0.1, 0.15) is 0 Å². The molecule has 2 N–H and O–H groups in total. The Morgan fingerprint density at radius 1 is 1.31 bits per heavy atom. The maximum atomic E-state index is 12.6. The van der Waals surface area contributed by atoms with Crippen molar-refractivity contribution in [3.05, 3.63) is 35.8 Å². The van der Waals surface area contributed by atoms with Crippen LogP contribution >= 0.6 is 0 Å². The molecule has 1 atom stereocenters. The topological polar surface area (TPSA) is 89.9 Å². The summed E-state index contributed by atoms with van der Waals surface area (Å²) in [6.07, 6.45) is -0.703. The van der Waals surface area contributed by atoms with Crippen molar-refractivity contribution in [1.82, 2.24) is 24.9 Å². The van der Waals surface area contributed by atoms with Crippen LogP contribution in [0.3, 0.4) is 0 Å². The molecule has 10 heteroatoms. The zero-order valence-corrected chi connectivity index (χ0v) is 14.1. The van der Waals surface area contributed by atoms with Crippen molar-refractivity contribution < 1.29 is 18.0 Å². The summed E-state index contributed by atoms with van der Waals surface area (Å²) >= 11 is 0. The van der Waals surface area contributed by atoms with Crippen LogP contribution in [0.1, 0.15) is 35.8 Å². The van der Waals surface area contributed by atoms with Crippen molar-refractivity contribution in [1.29, 1.82) is 0 Å². The molecule has 2 aromatic heterocycles. The van der Waals surface area contributed by atoms with E-state index in [0.717, 1.165) is 25.1 Å². The van der Waals surface area contributed by atoms with Crippen LogP contribution < -0.4 is 5.73 Å². The van der Waals surface area contributed by atoms with Crippen molar-refractivity contribution in [2.45, 2.75) is 32.0 Å². The Balaban J connectivity index is 1.69. The molecule has 1 unspecified atom stereocenters. The molecular weight excluding hydrogens is 349 g/mol. The predicted octanol–water partition coefficient (Wildman–Crippen LogP) is 1.88. The quantitative estimate of drug-likeness (QED) is 0.893. The van der Waals surface area contributed by atoms with E-state index in [4.69, 9.17) is 5.73 Å². The van der Waals surface area contributed by atoms with E-state index < -0.39 is 11.7 Å². The maximum Gasteiger partial charge on any atom is 0.417 e. The number of amides is 1. The smallest absolute Gasteiger partial charge is 0.337 e. The van der Waals surface area contributed by atoms with Gasteiger partial charge in [-0.25, -0.2) is 9.67 Å². The van der Waals surface area contributed by atoms with E-state index in [-0.39, 0.29) is 23.5 Å². The lowest BCUT2D eigenvalue weighted by Crippen LogP contribution is -2.42. The lowest BCUT2D eigenvalue weighted by Gasteiger charge is -2.33. The summed E-state index contributed by atoms with van der Waals surface area (Å²) in [5.74, 6) is 0.289. The summed E-state index contributed by atoms with van der Waals surface area (Å²) < 4.78 is 38.9. The Morgan fingerprint density at radius 2 is 2.00 bits per heavy atom. The van der Waals surface area contributed by atoms with Crippen molar-refractivity contribution in [2.75, 3.05) is 13.1 Å². The fourth-order valence-corrected chi connectivity index (χ4v) is 2.95. The first-order valence-electron chi connectivity index (χ1n) is 8.26. The Bertz CT molecular complexity index is 763. The van der Waals surface area contributed by atoms with Crippen LogP contribution in [0.25, 0.3) is 5.82 Å². The second kappa shape index (κ2) is 7.02. The van der Waals surface area contributed by atoms with Gasteiger partial charge in [-0.05, 0) is 37.8 Å². The molecule has 1 saturated heterocycles. The number of likely N-dealkylation sites (tertiary alicyclic amines) is 1. The molecule has 7 nitrogen and oxygen atoms in total. The summed E-state index contributed by atoms with van der Waals surface area (Å²) in [4.78, 5) is 17.9. The van der Waals surface area contributed by atoms with Gasteiger partial charge in [0, 0.05) is 25.3 Å². The molecule has 2 aromatic rings. The number of alkyl halides is 3. The Hall–Kier alpha value is -2.49. The minimum atomic E-state index is -4.46. The van der Waals surface area contributed by atoms with Crippen LogP contribution in [0.2, 0.25) is 0 Å². The molecule has 3 rings (SSSR count). The zero-order valence-electron chi connectivity index (χ0n) is 14.1. The third kappa shape index (κ3) is 3.85. The molecule has 1 aliphatic heterocycles. The SMILES string of the molecule is CC(N)C1CCN(C(=O)c2cn(-c3ccc(C(F)(F)F)cn3)nn2)CC1. The average Bonchev–Trinajstić information content (AvgIpc) is 3.10. The van der Waals surface area contributed by atoms with Gasteiger partial charge in [0.25, 0.3) is 5.91 Å². The van der Waals surface area contributed by atoms with E-state index in [9.17, 15) is 18.0 Å². The second-order valence-corrected chi connectivity index (χ2v) is 6.44. The molecule has 0 aromatic carbocycles. The highest BCUT2D eigenvalue weighted by molar-refractivity contribution is 5.92.